The molecule has 6 atom stereocenters. The van der Waals surface area contributed by atoms with Crippen LogP contribution in [0, 0.1) is 5.92 Å². The van der Waals surface area contributed by atoms with Crippen LogP contribution in [-0.2, 0) is 37.0 Å². The summed E-state index contributed by atoms with van der Waals surface area (Å²) in [5.41, 5.74) is 12.7. The lowest BCUT2D eigenvalue weighted by molar-refractivity contribution is -0.255. The van der Waals surface area contributed by atoms with Gasteiger partial charge in [-0.15, -0.1) is 0 Å². The highest BCUT2D eigenvalue weighted by molar-refractivity contribution is 5.93. The van der Waals surface area contributed by atoms with Gasteiger partial charge in [-0.2, -0.15) is 0 Å². The van der Waals surface area contributed by atoms with E-state index in [-0.39, 0.29) is 48.1 Å². The second kappa shape index (κ2) is 22.2. The van der Waals surface area contributed by atoms with Crippen molar-refractivity contribution in [1.29, 1.82) is 0 Å². The minimum absolute atomic E-state index is 0.0161. The van der Waals surface area contributed by atoms with Crippen LogP contribution in [0.3, 0.4) is 0 Å². The van der Waals surface area contributed by atoms with Crippen molar-refractivity contribution in [3.05, 3.63) is 119 Å². The van der Waals surface area contributed by atoms with Crippen LogP contribution in [0.5, 0.6) is 0 Å². The predicted octanol–water partition coefficient (Wildman–Crippen LogP) is 9.51. The molecule has 4 aromatic carbocycles. The van der Waals surface area contributed by atoms with Gasteiger partial charge >= 0.3 is 0 Å². The Morgan fingerprint density at radius 3 is 2.20 bits per heavy atom. The number of unbranched alkanes of at least 4 members (excludes halogenated alkanes) is 3. The minimum atomic E-state index is -0.607. The smallest absolute Gasteiger partial charge is 0.237 e. The van der Waals surface area contributed by atoms with E-state index in [1.807, 2.05) is 69.3 Å². The van der Waals surface area contributed by atoms with Gasteiger partial charge in [-0.3, -0.25) is 19.3 Å². The lowest BCUT2D eigenvalue weighted by atomic mass is 9.75. The zero-order valence-electron chi connectivity index (χ0n) is 38.0. The zero-order valence-corrected chi connectivity index (χ0v) is 38.0. The van der Waals surface area contributed by atoms with E-state index in [1.54, 1.807) is 12.1 Å². The molecule has 0 radical (unpaired) electrons. The van der Waals surface area contributed by atoms with Crippen LogP contribution in [0.2, 0.25) is 0 Å². The number of likely N-dealkylation sites (tertiary alicyclic amines) is 1. The number of hydrogen-bond donors (Lipinski definition) is 5. The summed E-state index contributed by atoms with van der Waals surface area (Å²) in [7, 11) is 0. The van der Waals surface area contributed by atoms with Gasteiger partial charge in [0.2, 0.25) is 17.7 Å². The van der Waals surface area contributed by atoms with Gasteiger partial charge < -0.3 is 36.3 Å². The molecule has 1 saturated carbocycles. The van der Waals surface area contributed by atoms with Crippen molar-refractivity contribution < 1.29 is 29.0 Å². The number of piperidine rings is 1. The van der Waals surface area contributed by atoms with Gasteiger partial charge in [0, 0.05) is 49.5 Å². The fourth-order valence-electron chi connectivity index (χ4n) is 9.73. The number of para-hydroxylation sites is 2. The molecule has 2 heterocycles. The SMILES string of the molecule is CC(C)(C)NC(=O)[C@H]1CC[C@H]2CCCC[C@H]2N1C[C@H]1C[C@@H](c2ccc(CO)cc2)O[C@@H](c2ccc(-c3cccc(CNC(=O)CCCCCCC(=O)Nc4ccccc4N)c3)cc2)O1. The third kappa shape index (κ3) is 13.0. The Morgan fingerprint density at radius 1 is 0.750 bits per heavy atom. The second-order valence-electron chi connectivity index (χ2n) is 19.1. The van der Waals surface area contributed by atoms with Gasteiger partial charge in [0.05, 0.1) is 36.2 Å². The topological polar surface area (TPSA) is 155 Å². The monoisotopic (exact) mass is 872 g/mol. The fraction of sp³-hybridized carbons (Fsp3) is 0.491. The average molecular weight is 872 g/mol. The van der Waals surface area contributed by atoms with E-state index in [9.17, 15) is 19.5 Å². The predicted molar refractivity (Wildman–Crippen MR) is 253 cm³/mol. The maximum absolute atomic E-state index is 13.9. The highest BCUT2D eigenvalue weighted by Gasteiger charge is 2.44. The molecule has 0 spiro atoms. The standard InChI is InChI=1S/C53H69N5O6/c1-53(2,3)57-51(62)47-30-29-39-14-8-11-18-46(39)58(47)34-43-32-48(40-23-21-36(35-59)22-24-40)64-52(63-43)41-27-25-38(26-28-41)42-15-12-13-37(31-42)33-55-49(60)19-6-4-5-7-20-50(61)56-45-17-10-9-16-44(45)54/h9-10,12-13,15-17,21-28,31,39,43,46-48,52,59H,4-8,11,14,18-20,29-30,32-35,54H2,1-3H3,(H,55,60)(H,56,61)(H,57,62)/t39-,43-,46-,47-,48+,52+/m1/s1. The van der Waals surface area contributed by atoms with Crippen LogP contribution in [-0.4, -0.2) is 58.0 Å². The van der Waals surface area contributed by atoms with Crippen LogP contribution in [0.1, 0.15) is 139 Å². The summed E-state index contributed by atoms with van der Waals surface area (Å²) in [4.78, 5) is 41.4. The van der Waals surface area contributed by atoms with Gasteiger partial charge in [0.1, 0.15) is 0 Å². The maximum Gasteiger partial charge on any atom is 0.237 e. The van der Waals surface area contributed by atoms with Crippen molar-refractivity contribution in [3.8, 4) is 11.1 Å². The lowest BCUT2D eigenvalue weighted by Gasteiger charge is -2.50. The first kappa shape index (κ1) is 46.9. The number of aliphatic hydroxyl groups is 1. The average Bonchev–Trinajstić information content (AvgIpc) is 3.30. The molecule has 4 aromatic rings. The van der Waals surface area contributed by atoms with E-state index in [0.717, 1.165) is 78.3 Å². The number of rotatable bonds is 17. The van der Waals surface area contributed by atoms with Gasteiger partial charge in [-0.05, 0) is 111 Å². The summed E-state index contributed by atoms with van der Waals surface area (Å²) in [5, 5.41) is 19.0. The Labute approximate surface area is 379 Å². The number of anilines is 2. The number of carbonyl (C=O) groups is 3. The lowest BCUT2D eigenvalue weighted by Crippen LogP contribution is -2.61. The number of nitrogens with one attached hydrogen (secondary N) is 3. The van der Waals surface area contributed by atoms with Gasteiger partial charge in [0.15, 0.2) is 6.29 Å². The molecule has 3 aliphatic rings. The molecule has 342 valence electrons. The van der Waals surface area contributed by atoms with E-state index in [2.05, 4.69) is 57.2 Å². The molecule has 3 fully saturated rings. The molecule has 11 heteroatoms. The van der Waals surface area contributed by atoms with Crippen molar-refractivity contribution >= 4 is 29.1 Å². The van der Waals surface area contributed by atoms with Crippen molar-refractivity contribution in [3.63, 3.8) is 0 Å². The van der Waals surface area contributed by atoms with E-state index in [1.165, 1.54) is 19.3 Å². The van der Waals surface area contributed by atoms with Crippen LogP contribution in [0.15, 0.2) is 97.1 Å². The van der Waals surface area contributed by atoms with E-state index in [4.69, 9.17) is 15.2 Å². The van der Waals surface area contributed by atoms with E-state index in [0.29, 0.717) is 55.7 Å². The van der Waals surface area contributed by atoms with Crippen molar-refractivity contribution in [2.45, 2.75) is 154 Å². The molecule has 1 aliphatic carbocycles. The Balaban J connectivity index is 0.954. The maximum atomic E-state index is 13.9. The largest absolute Gasteiger partial charge is 0.397 e. The van der Waals surface area contributed by atoms with Crippen LogP contribution >= 0.6 is 0 Å². The van der Waals surface area contributed by atoms with E-state index < -0.39 is 6.29 Å². The second-order valence-corrected chi connectivity index (χ2v) is 19.1. The van der Waals surface area contributed by atoms with Crippen LogP contribution in [0.4, 0.5) is 11.4 Å². The molecule has 2 aliphatic heterocycles. The number of carbonyl (C=O) groups excluding carboxylic acids is 3. The summed E-state index contributed by atoms with van der Waals surface area (Å²) >= 11 is 0. The first-order valence-electron chi connectivity index (χ1n) is 23.6. The number of hydrogen-bond acceptors (Lipinski definition) is 8. The van der Waals surface area contributed by atoms with Crippen molar-refractivity contribution in [1.82, 2.24) is 15.5 Å². The number of aliphatic hydroxyl groups excluding tert-OH is 1. The highest BCUT2D eigenvalue weighted by atomic mass is 16.7. The Morgan fingerprint density at radius 2 is 1.47 bits per heavy atom. The number of nitrogens with zero attached hydrogens (tertiary/aromatic N) is 1. The highest BCUT2D eigenvalue weighted by Crippen LogP contribution is 2.42. The third-order valence-electron chi connectivity index (χ3n) is 13.1. The summed E-state index contributed by atoms with van der Waals surface area (Å²) in [6.07, 6.45) is 10.5. The van der Waals surface area contributed by atoms with Crippen molar-refractivity contribution in [2.24, 2.45) is 5.92 Å². The molecule has 7 rings (SSSR count). The molecule has 3 amide bonds. The summed E-state index contributed by atoms with van der Waals surface area (Å²) in [6, 6.07) is 32.0. The van der Waals surface area contributed by atoms with Gasteiger partial charge in [-0.25, -0.2) is 0 Å². The van der Waals surface area contributed by atoms with Gasteiger partial charge in [0.25, 0.3) is 0 Å². The summed E-state index contributed by atoms with van der Waals surface area (Å²) < 4.78 is 13.6. The normalized spacial score (nSPS) is 22.6. The minimum Gasteiger partial charge on any atom is -0.397 e. The Hall–Kier alpha value is -5.07. The number of nitrogen functional groups attached to an aromatic ring is 1. The quantitative estimate of drug-likeness (QED) is 0.0519. The van der Waals surface area contributed by atoms with Crippen molar-refractivity contribution in [2.75, 3.05) is 17.6 Å². The number of benzene rings is 4. The Bertz CT molecular complexity index is 2150. The molecule has 2 saturated heterocycles. The first-order valence-corrected chi connectivity index (χ1v) is 23.6. The van der Waals surface area contributed by atoms with Crippen LogP contribution < -0.4 is 21.7 Å². The number of fused-ring (bicyclic) bond motifs is 1. The molecular formula is C53H69N5O6. The fourth-order valence-corrected chi connectivity index (χ4v) is 9.73. The molecule has 0 bridgehead atoms. The molecule has 0 aromatic heterocycles. The first-order chi connectivity index (χ1) is 30.9. The van der Waals surface area contributed by atoms with Crippen LogP contribution in [0.25, 0.3) is 11.1 Å². The Kier molecular flexibility index (Phi) is 16.3. The number of amides is 3. The molecule has 11 nitrogen and oxygen atoms in total. The molecule has 0 unspecified atom stereocenters. The number of ether oxygens (including phenoxy) is 2. The molecule has 6 N–H and O–H groups in total. The summed E-state index contributed by atoms with van der Waals surface area (Å²) in [6.45, 7) is 7.22. The van der Waals surface area contributed by atoms with Gasteiger partial charge in [-0.1, -0.05) is 105 Å². The zero-order chi connectivity index (χ0) is 45.1. The molecular weight excluding hydrogens is 803 g/mol. The third-order valence-corrected chi connectivity index (χ3v) is 13.1. The molecule has 64 heavy (non-hydrogen) atoms. The number of nitrogens with two attached hydrogens (primary N) is 1. The van der Waals surface area contributed by atoms with E-state index >= 15 is 0 Å². The summed E-state index contributed by atoms with van der Waals surface area (Å²) in [5.74, 6) is 0.673.